The Labute approximate surface area is 49.1 Å². The van der Waals surface area contributed by atoms with Crippen molar-refractivity contribution in [3.8, 4) is 0 Å². The molecule has 0 fully saturated rings. The van der Waals surface area contributed by atoms with Gasteiger partial charge >= 0.3 is 0 Å². The van der Waals surface area contributed by atoms with Crippen LogP contribution >= 0.6 is 0 Å². The van der Waals surface area contributed by atoms with Gasteiger partial charge in [-0.05, 0) is 6.42 Å². The van der Waals surface area contributed by atoms with Gasteiger partial charge in [0.2, 0.25) is 0 Å². The lowest BCUT2D eigenvalue weighted by molar-refractivity contribution is 0.601. The van der Waals surface area contributed by atoms with Crippen molar-refractivity contribution in [3.05, 3.63) is 24.3 Å². The molecular formula is C7H9N. The Morgan fingerprint density at radius 3 is 3.00 bits per heavy atom. The molecule has 0 aliphatic carbocycles. The van der Waals surface area contributed by atoms with E-state index in [1.54, 1.807) is 0 Å². The summed E-state index contributed by atoms with van der Waals surface area (Å²) in [5.41, 5.74) is 0. The highest BCUT2D eigenvalue weighted by Crippen LogP contribution is 2.12. The zero-order valence-electron chi connectivity index (χ0n) is 4.67. The Kier molecular flexibility index (Phi) is 0.788. The van der Waals surface area contributed by atoms with Crippen LogP contribution in [0.15, 0.2) is 24.3 Å². The summed E-state index contributed by atoms with van der Waals surface area (Å²) in [4.78, 5) is 0. The van der Waals surface area contributed by atoms with E-state index in [4.69, 9.17) is 0 Å². The molecule has 2 rings (SSSR count). The van der Waals surface area contributed by atoms with Crippen LogP contribution in [-0.2, 0) is 0 Å². The van der Waals surface area contributed by atoms with Gasteiger partial charge in [0, 0.05) is 12.1 Å². The fourth-order valence-electron chi connectivity index (χ4n) is 1.25. The predicted octanol–water partition coefficient (Wildman–Crippen LogP) is 0.843. The number of rotatable bonds is 0. The fourth-order valence-corrected chi connectivity index (χ4v) is 1.25. The van der Waals surface area contributed by atoms with Crippen LogP contribution in [0, 0.1) is 0 Å². The van der Waals surface area contributed by atoms with Gasteiger partial charge in [0.25, 0.3) is 0 Å². The molecule has 2 atom stereocenters. The van der Waals surface area contributed by atoms with Crippen molar-refractivity contribution in [3.63, 3.8) is 0 Å². The topological polar surface area (TPSA) is 12.0 Å². The first-order valence-corrected chi connectivity index (χ1v) is 3.06. The fraction of sp³-hybridized carbons (Fsp3) is 0.429. The maximum absolute atomic E-state index is 3.39. The van der Waals surface area contributed by atoms with Crippen LogP contribution in [0.1, 0.15) is 6.42 Å². The molecule has 42 valence electrons. The second-order valence-corrected chi connectivity index (χ2v) is 2.35. The van der Waals surface area contributed by atoms with Gasteiger partial charge in [-0.3, -0.25) is 0 Å². The average molecular weight is 107 g/mol. The highest BCUT2D eigenvalue weighted by atomic mass is 15.0. The summed E-state index contributed by atoms with van der Waals surface area (Å²) in [6.45, 7) is 0. The molecule has 2 bridgehead atoms. The van der Waals surface area contributed by atoms with E-state index in [9.17, 15) is 0 Å². The summed E-state index contributed by atoms with van der Waals surface area (Å²) < 4.78 is 0. The van der Waals surface area contributed by atoms with E-state index < -0.39 is 0 Å². The molecule has 0 aromatic heterocycles. The van der Waals surface area contributed by atoms with Gasteiger partial charge in [0.05, 0.1) is 0 Å². The van der Waals surface area contributed by atoms with Crippen molar-refractivity contribution in [2.24, 2.45) is 0 Å². The summed E-state index contributed by atoms with van der Waals surface area (Å²) >= 11 is 0. The van der Waals surface area contributed by atoms with E-state index in [-0.39, 0.29) is 0 Å². The summed E-state index contributed by atoms with van der Waals surface area (Å²) in [6.07, 6.45) is 10.1. The van der Waals surface area contributed by atoms with Crippen LogP contribution in [0.25, 0.3) is 0 Å². The molecule has 2 aliphatic rings. The lowest BCUT2D eigenvalue weighted by Gasteiger charge is -2.14. The van der Waals surface area contributed by atoms with Gasteiger partial charge in [-0.2, -0.15) is 0 Å². The van der Waals surface area contributed by atoms with Crippen molar-refractivity contribution < 1.29 is 0 Å². The van der Waals surface area contributed by atoms with Crippen molar-refractivity contribution in [1.82, 2.24) is 5.32 Å². The first kappa shape index (κ1) is 4.33. The first-order chi connectivity index (χ1) is 3.95. The van der Waals surface area contributed by atoms with Gasteiger partial charge in [0.1, 0.15) is 0 Å². The molecule has 1 N–H and O–H groups in total. The second-order valence-electron chi connectivity index (χ2n) is 2.35. The molecule has 2 aliphatic heterocycles. The molecule has 1 heteroatoms. The normalized spacial score (nSPS) is 41.0. The summed E-state index contributed by atoms with van der Waals surface area (Å²) in [7, 11) is 0. The Morgan fingerprint density at radius 1 is 1.25 bits per heavy atom. The van der Waals surface area contributed by atoms with E-state index in [2.05, 4.69) is 29.6 Å². The number of hydrogen-bond donors (Lipinski definition) is 1. The van der Waals surface area contributed by atoms with Gasteiger partial charge in [-0.25, -0.2) is 0 Å². The standard InChI is InChI=1S/C7H9N/c1-2-6-4-5-7(3-1)8-6/h1-2,4-8H,3H2. The van der Waals surface area contributed by atoms with E-state index in [1.165, 1.54) is 6.42 Å². The number of nitrogens with one attached hydrogen (secondary N) is 1. The van der Waals surface area contributed by atoms with Crippen LogP contribution in [0.3, 0.4) is 0 Å². The largest absolute Gasteiger partial charge is 0.301 e. The lowest BCUT2D eigenvalue weighted by atomic mass is 10.2. The molecular weight excluding hydrogens is 98.1 g/mol. The molecule has 8 heavy (non-hydrogen) atoms. The molecule has 0 saturated carbocycles. The first-order valence-electron chi connectivity index (χ1n) is 3.06. The minimum atomic E-state index is 0.550. The van der Waals surface area contributed by atoms with E-state index in [0.717, 1.165) is 0 Å². The molecule has 0 saturated heterocycles. The third-order valence-corrected chi connectivity index (χ3v) is 1.69. The van der Waals surface area contributed by atoms with Crippen LogP contribution in [0.4, 0.5) is 0 Å². The molecule has 0 aromatic carbocycles. The van der Waals surface area contributed by atoms with Crippen molar-refractivity contribution >= 4 is 0 Å². The third kappa shape index (κ3) is 0.514. The Balaban J connectivity index is 2.28. The highest BCUT2D eigenvalue weighted by Gasteiger charge is 2.16. The minimum Gasteiger partial charge on any atom is -0.301 e. The van der Waals surface area contributed by atoms with Crippen LogP contribution in [-0.4, -0.2) is 12.1 Å². The maximum atomic E-state index is 3.39. The zero-order chi connectivity index (χ0) is 5.40. The molecule has 2 heterocycles. The Hall–Kier alpha value is -0.560. The maximum Gasteiger partial charge on any atom is 0.0440 e. The molecule has 0 amide bonds. The van der Waals surface area contributed by atoms with Gasteiger partial charge in [0.15, 0.2) is 0 Å². The Morgan fingerprint density at radius 2 is 2.25 bits per heavy atom. The quantitative estimate of drug-likeness (QED) is 0.452. The van der Waals surface area contributed by atoms with Gasteiger partial charge in [-0.1, -0.05) is 24.3 Å². The smallest absolute Gasteiger partial charge is 0.0440 e. The third-order valence-electron chi connectivity index (χ3n) is 1.69. The van der Waals surface area contributed by atoms with E-state index >= 15 is 0 Å². The lowest BCUT2D eigenvalue weighted by Crippen LogP contribution is -2.31. The zero-order valence-corrected chi connectivity index (χ0v) is 4.67. The molecule has 0 spiro atoms. The number of fused-ring (bicyclic) bond motifs is 2. The molecule has 0 aromatic rings. The molecule has 1 nitrogen and oxygen atoms in total. The van der Waals surface area contributed by atoms with E-state index in [0.29, 0.717) is 12.1 Å². The molecule has 2 unspecified atom stereocenters. The van der Waals surface area contributed by atoms with Gasteiger partial charge in [-0.15, -0.1) is 0 Å². The Bertz CT molecular complexity index is 144. The van der Waals surface area contributed by atoms with Crippen molar-refractivity contribution in [2.45, 2.75) is 18.5 Å². The number of hydrogen-bond acceptors (Lipinski definition) is 1. The van der Waals surface area contributed by atoms with Crippen LogP contribution < -0.4 is 5.32 Å². The monoisotopic (exact) mass is 107 g/mol. The average Bonchev–Trinajstić information content (AvgIpc) is 2.12. The molecule has 0 radical (unpaired) electrons. The predicted molar refractivity (Wildman–Crippen MR) is 33.6 cm³/mol. The van der Waals surface area contributed by atoms with Crippen LogP contribution in [0.5, 0.6) is 0 Å². The van der Waals surface area contributed by atoms with E-state index in [1.807, 2.05) is 0 Å². The minimum absolute atomic E-state index is 0.550. The van der Waals surface area contributed by atoms with Gasteiger partial charge < -0.3 is 5.32 Å². The highest BCUT2D eigenvalue weighted by molar-refractivity contribution is 5.21. The second kappa shape index (κ2) is 1.46. The SMILES string of the molecule is C1=CC2C=CC(C1)N2. The van der Waals surface area contributed by atoms with Crippen molar-refractivity contribution in [2.75, 3.05) is 0 Å². The summed E-state index contributed by atoms with van der Waals surface area (Å²) in [6, 6.07) is 1.19. The summed E-state index contributed by atoms with van der Waals surface area (Å²) in [5.74, 6) is 0. The summed E-state index contributed by atoms with van der Waals surface area (Å²) in [5, 5.41) is 3.39. The van der Waals surface area contributed by atoms with Crippen molar-refractivity contribution in [1.29, 1.82) is 0 Å². The van der Waals surface area contributed by atoms with Crippen LogP contribution in [0.2, 0.25) is 0 Å².